The van der Waals surface area contributed by atoms with Crippen molar-refractivity contribution in [2.24, 2.45) is 0 Å². The minimum atomic E-state index is 0.739. The lowest BCUT2D eigenvalue weighted by molar-refractivity contribution is 0.0577. The van der Waals surface area contributed by atoms with E-state index in [4.69, 9.17) is 4.58 Å². The topological polar surface area (TPSA) is 39.2 Å². The lowest BCUT2D eigenvalue weighted by Crippen LogP contribution is -1.89. The Bertz CT molecular complexity index is 358. The smallest absolute Gasteiger partial charge is 0.244 e. The number of hydrogen-bond acceptors (Lipinski definition) is 3. The Kier molecular flexibility index (Phi) is 0.897. The molecule has 3 nitrogen and oxygen atoms in total. The van der Waals surface area contributed by atoms with Gasteiger partial charge in [-0.15, -0.1) is 0 Å². The van der Waals surface area contributed by atoms with Crippen LogP contribution in [0.5, 0.6) is 0 Å². The molecule has 0 saturated carbocycles. The third-order valence-electron chi connectivity index (χ3n) is 1.70. The van der Waals surface area contributed by atoms with E-state index in [1.54, 1.807) is 6.20 Å². The van der Waals surface area contributed by atoms with E-state index in [9.17, 15) is 0 Å². The van der Waals surface area contributed by atoms with Crippen LogP contribution in [-0.4, -0.2) is 4.98 Å². The van der Waals surface area contributed by atoms with Crippen molar-refractivity contribution >= 4 is 11.2 Å². The number of aromatic nitrogens is 1. The summed E-state index contributed by atoms with van der Waals surface area (Å²) in [4.78, 5) is 4.09. The molecule has 0 N–H and O–H groups in total. The molecule has 0 amide bonds. The first kappa shape index (κ1) is 5.53. The van der Waals surface area contributed by atoms with E-state index >= 15 is 0 Å². The third-order valence-corrected chi connectivity index (χ3v) is 1.70. The summed E-state index contributed by atoms with van der Waals surface area (Å²) >= 11 is 0. The molecule has 0 aliphatic heterocycles. The van der Waals surface area contributed by atoms with Gasteiger partial charge in [0, 0.05) is 11.3 Å². The van der Waals surface area contributed by atoms with E-state index in [2.05, 4.69) is 9.56 Å². The van der Waals surface area contributed by atoms with Gasteiger partial charge in [0.25, 0.3) is 0 Å². The summed E-state index contributed by atoms with van der Waals surface area (Å²) in [6.07, 6.45) is 1.67. The van der Waals surface area contributed by atoms with Crippen molar-refractivity contribution in [2.75, 3.05) is 0 Å². The molecule has 2 heterocycles. The summed E-state index contributed by atoms with van der Waals surface area (Å²) in [5, 5.41) is 0. The van der Waals surface area contributed by atoms with Crippen LogP contribution in [0.4, 0.5) is 0 Å². The van der Waals surface area contributed by atoms with E-state index in [1.165, 1.54) is 0 Å². The van der Waals surface area contributed by atoms with E-state index in [1.807, 2.05) is 13.8 Å². The maximum atomic E-state index is 4.75. The van der Waals surface area contributed by atoms with Crippen LogP contribution in [0, 0.1) is 13.8 Å². The summed E-state index contributed by atoms with van der Waals surface area (Å²) in [6, 6.07) is 0. The monoisotopic (exact) mass is 137 g/mol. The Labute approximate surface area is 57.6 Å². The highest BCUT2D eigenvalue weighted by molar-refractivity contribution is 5.73. The summed E-state index contributed by atoms with van der Waals surface area (Å²) in [7, 11) is 0. The predicted molar refractivity (Wildman–Crippen MR) is 35.7 cm³/mol. The fourth-order valence-corrected chi connectivity index (χ4v) is 0.875. The number of rotatable bonds is 0. The second-order valence-corrected chi connectivity index (χ2v) is 2.33. The van der Waals surface area contributed by atoms with E-state index in [0.717, 1.165) is 22.4 Å². The number of fused-ring (bicyclic) bond motifs is 1. The van der Waals surface area contributed by atoms with Gasteiger partial charge in [-0.3, -0.25) is 14.1 Å². The van der Waals surface area contributed by atoms with Crippen LogP contribution in [0.1, 0.15) is 11.3 Å². The van der Waals surface area contributed by atoms with Crippen molar-refractivity contribution in [3.05, 3.63) is 17.5 Å². The molecule has 0 aliphatic rings. The van der Waals surface area contributed by atoms with Gasteiger partial charge in [0.2, 0.25) is 11.2 Å². The fraction of sp³-hybridized carbons (Fsp3) is 0.286. The molecule has 0 spiro atoms. The summed E-state index contributed by atoms with van der Waals surface area (Å²) in [6.45, 7) is 3.90. The maximum absolute atomic E-state index is 4.75. The molecule has 0 unspecified atom stereocenters. The zero-order chi connectivity index (χ0) is 7.14. The molecule has 0 aromatic carbocycles. The number of nitrogens with zero attached hydrogens (tertiary/aromatic N) is 1. The first-order valence-corrected chi connectivity index (χ1v) is 3.10. The van der Waals surface area contributed by atoms with Crippen molar-refractivity contribution in [1.82, 2.24) is 4.98 Å². The van der Waals surface area contributed by atoms with Crippen molar-refractivity contribution in [1.29, 1.82) is 0 Å². The standard InChI is InChI=1S/C7H7NO2/c1-4-5(2)8-3-6-7(4)10-9-6/h3H,1-2H3. The highest BCUT2D eigenvalue weighted by Gasteiger charge is 2.09. The van der Waals surface area contributed by atoms with Crippen LogP contribution in [-0.2, 0) is 0 Å². The minimum absolute atomic E-state index is 0.739. The van der Waals surface area contributed by atoms with Gasteiger partial charge >= 0.3 is 0 Å². The zero-order valence-corrected chi connectivity index (χ0v) is 5.84. The van der Waals surface area contributed by atoms with Crippen molar-refractivity contribution in [3.8, 4) is 0 Å². The average Bonchev–Trinajstić information content (AvgIpc) is 1.82. The second kappa shape index (κ2) is 1.62. The van der Waals surface area contributed by atoms with Crippen molar-refractivity contribution in [3.63, 3.8) is 0 Å². The highest BCUT2D eigenvalue weighted by atomic mass is 17.0. The summed E-state index contributed by atoms with van der Waals surface area (Å²) in [5.74, 6) is 0. The maximum Gasteiger partial charge on any atom is 0.244 e. The van der Waals surface area contributed by atoms with Crippen LogP contribution in [0.2, 0.25) is 0 Å². The molecular formula is C7H7NO2. The SMILES string of the molecule is Cc1ncc2ooc2c1C. The summed E-state index contributed by atoms with van der Waals surface area (Å²) in [5.41, 5.74) is 3.61. The second-order valence-electron chi connectivity index (χ2n) is 2.33. The molecule has 0 radical (unpaired) electrons. The van der Waals surface area contributed by atoms with Gasteiger partial charge in [-0.05, 0) is 13.8 Å². The molecule has 0 aliphatic carbocycles. The molecule has 2 aromatic heterocycles. The van der Waals surface area contributed by atoms with Gasteiger partial charge in [-0.2, -0.15) is 0 Å². The Morgan fingerprint density at radius 2 is 2.10 bits per heavy atom. The number of pyridine rings is 1. The molecule has 10 heavy (non-hydrogen) atoms. The van der Waals surface area contributed by atoms with Crippen LogP contribution < -0.4 is 0 Å². The van der Waals surface area contributed by atoms with Crippen LogP contribution in [0.25, 0.3) is 11.2 Å². The largest absolute Gasteiger partial charge is 0.285 e. The Hall–Kier alpha value is -1.25. The van der Waals surface area contributed by atoms with Gasteiger partial charge < -0.3 is 0 Å². The lowest BCUT2D eigenvalue weighted by Gasteiger charge is -2.01. The van der Waals surface area contributed by atoms with Crippen LogP contribution in [0.3, 0.4) is 0 Å². The molecular weight excluding hydrogens is 130 g/mol. The summed E-state index contributed by atoms with van der Waals surface area (Å²) < 4.78 is 9.40. The van der Waals surface area contributed by atoms with E-state index < -0.39 is 0 Å². The van der Waals surface area contributed by atoms with Crippen molar-refractivity contribution in [2.45, 2.75) is 13.8 Å². The third kappa shape index (κ3) is 0.518. The molecule has 0 atom stereocenters. The van der Waals surface area contributed by atoms with Crippen LogP contribution >= 0.6 is 0 Å². The number of aryl methyl sites for hydroxylation is 2. The van der Waals surface area contributed by atoms with Gasteiger partial charge in [-0.25, -0.2) is 0 Å². The minimum Gasteiger partial charge on any atom is -0.285 e. The Morgan fingerprint density at radius 1 is 1.30 bits per heavy atom. The van der Waals surface area contributed by atoms with E-state index in [0.29, 0.717) is 0 Å². The van der Waals surface area contributed by atoms with Crippen LogP contribution in [0.15, 0.2) is 15.3 Å². The number of hydrogen-bond donors (Lipinski definition) is 0. The normalized spacial score (nSPS) is 11.0. The van der Waals surface area contributed by atoms with Gasteiger partial charge in [-0.1, -0.05) is 0 Å². The Morgan fingerprint density at radius 3 is 2.60 bits per heavy atom. The van der Waals surface area contributed by atoms with Gasteiger partial charge in [0.1, 0.15) is 0 Å². The fourth-order valence-electron chi connectivity index (χ4n) is 0.875. The highest BCUT2D eigenvalue weighted by Crippen LogP contribution is 2.22. The lowest BCUT2D eigenvalue weighted by atomic mass is 10.2. The van der Waals surface area contributed by atoms with Gasteiger partial charge in [0.15, 0.2) is 0 Å². The first-order valence-electron chi connectivity index (χ1n) is 3.10. The molecule has 52 valence electrons. The molecule has 3 heteroatoms. The van der Waals surface area contributed by atoms with Gasteiger partial charge in [0.05, 0.1) is 6.20 Å². The zero-order valence-electron chi connectivity index (χ0n) is 5.84. The first-order chi connectivity index (χ1) is 4.79. The molecule has 2 rings (SSSR count). The molecule has 0 saturated heterocycles. The average molecular weight is 137 g/mol. The quantitative estimate of drug-likeness (QED) is 0.521. The van der Waals surface area contributed by atoms with E-state index in [-0.39, 0.29) is 0 Å². The Balaban J connectivity index is 2.84. The molecule has 0 bridgehead atoms. The molecule has 2 aromatic rings. The van der Waals surface area contributed by atoms with Crippen molar-refractivity contribution < 1.29 is 9.15 Å². The molecule has 0 fully saturated rings. The predicted octanol–water partition coefficient (Wildman–Crippen LogP) is 2.04.